The van der Waals surface area contributed by atoms with E-state index in [9.17, 15) is 9.59 Å². The number of nitrogens with zero attached hydrogens (tertiary/aromatic N) is 1. The van der Waals surface area contributed by atoms with E-state index in [2.05, 4.69) is 15.8 Å². The average molecular weight is 384 g/mol. The number of rotatable bonds is 8. The number of amides is 3. The van der Waals surface area contributed by atoms with Gasteiger partial charge in [0.2, 0.25) is 0 Å². The van der Waals surface area contributed by atoms with Crippen molar-refractivity contribution in [3.8, 4) is 11.5 Å². The van der Waals surface area contributed by atoms with Crippen molar-refractivity contribution in [1.29, 1.82) is 0 Å². The molecule has 0 atom stereocenters. The van der Waals surface area contributed by atoms with E-state index in [0.717, 1.165) is 16.8 Å². The SMILES string of the molecule is CCOc1cc(/C=N/NC(N)=O)ccc1OCC(=O)Nc1ccc(C)c(C)c1. The molecule has 0 aliphatic heterocycles. The van der Waals surface area contributed by atoms with E-state index >= 15 is 0 Å². The van der Waals surface area contributed by atoms with Crippen molar-refractivity contribution in [3.05, 3.63) is 53.1 Å². The predicted octanol–water partition coefficient (Wildman–Crippen LogP) is 2.72. The highest BCUT2D eigenvalue weighted by Crippen LogP contribution is 2.28. The van der Waals surface area contributed by atoms with E-state index in [-0.39, 0.29) is 12.5 Å². The van der Waals surface area contributed by atoms with Gasteiger partial charge in [-0.15, -0.1) is 0 Å². The van der Waals surface area contributed by atoms with Crippen molar-refractivity contribution in [1.82, 2.24) is 5.43 Å². The van der Waals surface area contributed by atoms with Gasteiger partial charge in [0.15, 0.2) is 18.1 Å². The third-order valence-corrected chi connectivity index (χ3v) is 3.81. The molecule has 28 heavy (non-hydrogen) atoms. The molecule has 0 fully saturated rings. The van der Waals surface area contributed by atoms with Crippen LogP contribution in [-0.2, 0) is 4.79 Å². The summed E-state index contributed by atoms with van der Waals surface area (Å²) in [6.07, 6.45) is 1.42. The van der Waals surface area contributed by atoms with Crippen LogP contribution in [0.1, 0.15) is 23.6 Å². The van der Waals surface area contributed by atoms with E-state index < -0.39 is 6.03 Å². The molecule has 0 aromatic heterocycles. The molecule has 0 bridgehead atoms. The first-order chi connectivity index (χ1) is 13.4. The van der Waals surface area contributed by atoms with Gasteiger partial charge >= 0.3 is 6.03 Å². The summed E-state index contributed by atoms with van der Waals surface area (Å²) in [6.45, 7) is 6.10. The lowest BCUT2D eigenvalue weighted by atomic mass is 10.1. The summed E-state index contributed by atoms with van der Waals surface area (Å²) in [5.41, 5.74) is 10.7. The molecule has 8 nitrogen and oxygen atoms in total. The lowest BCUT2D eigenvalue weighted by Gasteiger charge is -2.13. The Morgan fingerprint density at radius 2 is 1.86 bits per heavy atom. The molecule has 0 saturated carbocycles. The van der Waals surface area contributed by atoms with Gasteiger partial charge in [-0.05, 0) is 67.8 Å². The quantitative estimate of drug-likeness (QED) is 0.479. The summed E-state index contributed by atoms with van der Waals surface area (Å²) in [4.78, 5) is 22.8. The minimum absolute atomic E-state index is 0.163. The van der Waals surface area contributed by atoms with E-state index in [1.54, 1.807) is 18.2 Å². The maximum atomic E-state index is 12.2. The average Bonchev–Trinajstić information content (AvgIpc) is 2.64. The van der Waals surface area contributed by atoms with Crippen molar-refractivity contribution >= 4 is 23.8 Å². The summed E-state index contributed by atoms with van der Waals surface area (Å²) in [5.74, 6) is 0.614. The van der Waals surface area contributed by atoms with Crippen LogP contribution in [0.4, 0.5) is 10.5 Å². The molecular weight excluding hydrogens is 360 g/mol. The number of hydrogen-bond acceptors (Lipinski definition) is 5. The lowest BCUT2D eigenvalue weighted by molar-refractivity contribution is -0.118. The van der Waals surface area contributed by atoms with E-state index in [1.165, 1.54) is 6.21 Å². The van der Waals surface area contributed by atoms with Crippen LogP contribution in [0.2, 0.25) is 0 Å². The second kappa shape index (κ2) is 9.96. The van der Waals surface area contributed by atoms with Gasteiger partial charge in [-0.25, -0.2) is 10.2 Å². The van der Waals surface area contributed by atoms with Crippen LogP contribution in [0.25, 0.3) is 0 Å². The van der Waals surface area contributed by atoms with Crippen molar-refractivity contribution in [2.45, 2.75) is 20.8 Å². The Morgan fingerprint density at radius 3 is 2.54 bits per heavy atom. The van der Waals surface area contributed by atoms with Crippen LogP contribution in [0.15, 0.2) is 41.5 Å². The third-order valence-electron chi connectivity index (χ3n) is 3.81. The molecule has 0 saturated heterocycles. The molecule has 0 heterocycles. The van der Waals surface area contributed by atoms with Gasteiger partial charge in [0, 0.05) is 5.69 Å². The van der Waals surface area contributed by atoms with Gasteiger partial charge in [0.1, 0.15) is 0 Å². The van der Waals surface area contributed by atoms with Gasteiger partial charge in [-0.3, -0.25) is 4.79 Å². The summed E-state index contributed by atoms with van der Waals surface area (Å²) < 4.78 is 11.2. The number of carbonyl (C=O) groups is 2. The lowest BCUT2D eigenvalue weighted by Crippen LogP contribution is -2.24. The van der Waals surface area contributed by atoms with Gasteiger partial charge in [0.05, 0.1) is 12.8 Å². The number of urea groups is 1. The largest absolute Gasteiger partial charge is 0.490 e. The first-order valence-corrected chi connectivity index (χ1v) is 8.74. The molecule has 0 aliphatic rings. The minimum Gasteiger partial charge on any atom is -0.490 e. The highest BCUT2D eigenvalue weighted by molar-refractivity contribution is 5.92. The minimum atomic E-state index is -0.754. The number of hydrazone groups is 1. The van der Waals surface area contributed by atoms with Crippen molar-refractivity contribution in [3.63, 3.8) is 0 Å². The molecule has 2 aromatic carbocycles. The molecular formula is C20H24N4O4. The topological polar surface area (TPSA) is 115 Å². The normalized spacial score (nSPS) is 10.5. The Hall–Kier alpha value is -3.55. The number of primary amides is 1. The third kappa shape index (κ3) is 6.31. The molecule has 0 aliphatic carbocycles. The van der Waals surface area contributed by atoms with Crippen LogP contribution in [0.5, 0.6) is 11.5 Å². The van der Waals surface area contributed by atoms with E-state index in [0.29, 0.717) is 23.7 Å². The smallest absolute Gasteiger partial charge is 0.332 e. The van der Waals surface area contributed by atoms with Gasteiger partial charge < -0.3 is 20.5 Å². The maximum absolute atomic E-state index is 12.2. The summed E-state index contributed by atoms with van der Waals surface area (Å²) in [6, 6.07) is 10.0. The van der Waals surface area contributed by atoms with Crippen LogP contribution in [0, 0.1) is 13.8 Å². The highest BCUT2D eigenvalue weighted by Gasteiger charge is 2.10. The van der Waals surface area contributed by atoms with Crippen molar-refractivity contribution < 1.29 is 19.1 Å². The van der Waals surface area contributed by atoms with Gasteiger partial charge in [0.25, 0.3) is 5.91 Å². The second-order valence-electron chi connectivity index (χ2n) is 6.01. The number of benzene rings is 2. The molecule has 0 radical (unpaired) electrons. The molecule has 3 amide bonds. The van der Waals surface area contributed by atoms with Crippen molar-refractivity contribution in [2.24, 2.45) is 10.8 Å². The highest BCUT2D eigenvalue weighted by atomic mass is 16.5. The zero-order chi connectivity index (χ0) is 20.5. The number of aryl methyl sites for hydroxylation is 2. The number of carbonyl (C=O) groups excluding carboxylic acids is 2. The second-order valence-corrected chi connectivity index (χ2v) is 6.01. The number of ether oxygens (including phenoxy) is 2. The first kappa shape index (κ1) is 20.8. The van der Waals surface area contributed by atoms with Gasteiger partial charge in [-0.1, -0.05) is 6.07 Å². The molecule has 0 spiro atoms. The van der Waals surface area contributed by atoms with Gasteiger partial charge in [-0.2, -0.15) is 5.10 Å². The van der Waals surface area contributed by atoms with E-state index in [1.807, 2.05) is 39.0 Å². The Bertz CT molecular complexity index is 881. The Kier molecular flexibility index (Phi) is 7.38. The Balaban J connectivity index is 2.01. The fraction of sp³-hybridized carbons (Fsp3) is 0.250. The zero-order valence-electron chi connectivity index (χ0n) is 16.1. The molecule has 2 rings (SSSR count). The zero-order valence-corrected chi connectivity index (χ0v) is 16.1. The maximum Gasteiger partial charge on any atom is 0.332 e. The van der Waals surface area contributed by atoms with Crippen LogP contribution >= 0.6 is 0 Å². The molecule has 148 valence electrons. The van der Waals surface area contributed by atoms with Crippen molar-refractivity contribution in [2.75, 3.05) is 18.5 Å². The first-order valence-electron chi connectivity index (χ1n) is 8.74. The number of hydrogen-bond donors (Lipinski definition) is 3. The van der Waals surface area contributed by atoms with Crippen LogP contribution in [-0.4, -0.2) is 31.4 Å². The molecule has 0 unspecified atom stereocenters. The number of nitrogens with one attached hydrogen (secondary N) is 2. The number of anilines is 1. The molecule has 2 aromatic rings. The Labute approximate surface area is 163 Å². The Morgan fingerprint density at radius 1 is 1.07 bits per heavy atom. The number of nitrogens with two attached hydrogens (primary N) is 1. The van der Waals surface area contributed by atoms with Crippen LogP contribution < -0.4 is 25.9 Å². The molecule has 4 N–H and O–H groups in total. The summed E-state index contributed by atoms with van der Waals surface area (Å²) in [7, 11) is 0. The summed E-state index contributed by atoms with van der Waals surface area (Å²) in [5, 5.41) is 6.50. The van der Waals surface area contributed by atoms with Crippen LogP contribution in [0.3, 0.4) is 0 Å². The standard InChI is InChI=1S/C20H24N4O4/c1-4-27-18-10-15(11-22-24-20(21)26)6-8-17(18)28-12-19(25)23-16-7-5-13(2)14(3)9-16/h5-11H,4,12H2,1-3H3,(H,23,25)(H3,21,24,26)/b22-11+. The fourth-order valence-electron chi connectivity index (χ4n) is 2.32. The van der Waals surface area contributed by atoms with E-state index in [4.69, 9.17) is 15.2 Å². The summed E-state index contributed by atoms with van der Waals surface area (Å²) >= 11 is 0. The predicted molar refractivity (Wildman–Crippen MR) is 108 cm³/mol. The molecule has 8 heteroatoms. The fourth-order valence-corrected chi connectivity index (χ4v) is 2.32. The monoisotopic (exact) mass is 384 g/mol.